The lowest BCUT2D eigenvalue weighted by molar-refractivity contribution is 0.0860. The van der Waals surface area contributed by atoms with E-state index in [2.05, 4.69) is 5.92 Å². The van der Waals surface area contributed by atoms with Gasteiger partial charge < -0.3 is 10.2 Å². The number of hydrogen-bond donors (Lipinski definition) is 2. The molecule has 0 aromatic rings. The highest BCUT2D eigenvalue weighted by Gasteiger charge is 2.08. The van der Waals surface area contributed by atoms with Crippen molar-refractivity contribution in [2.45, 2.75) is 25.9 Å². The predicted molar refractivity (Wildman–Crippen MR) is 30.6 cm³/mol. The highest BCUT2D eigenvalue weighted by Crippen LogP contribution is 2.03. The molecule has 0 aliphatic carbocycles. The maximum absolute atomic E-state index is 8.94. The molecule has 0 aliphatic rings. The highest BCUT2D eigenvalue weighted by molar-refractivity contribution is 4.94. The van der Waals surface area contributed by atoms with Gasteiger partial charge in [0.25, 0.3) is 0 Å². The molecule has 2 nitrogen and oxygen atoms in total. The first-order valence-corrected chi connectivity index (χ1v) is 2.40. The second-order valence-electron chi connectivity index (χ2n) is 2.28. The second-order valence-corrected chi connectivity index (χ2v) is 2.28. The Labute approximate surface area is 49.2 Å². The lowest BCUT2D eigenvalue weighted by Crippen LogP contribution is -2.16. The molecular weight excluding hydrogens is 104 g/mol. The Hall–Kier alpha value is -0.680. The fourth-order valence-electron chi connectivity index (χ4n) is 0.256. The molecule has 0 aromatic carbocycles. The van der Waals surface area contributed by atoms with Crippen LogP contribution in [0, 0.1) is 12.0 Å². The van der Waals surface area contributed by atoms with Gasteiger partial charge in [-0.2, -0.15) is 0 Å². The van der Waals surface area contributed by atoms with Crippen molar-refractivity contribution < 1.29 is 10.2 Å². The summed E-state index contributed by atoms with van der Waals surface area (Å²) >= 11 is 0. The van der Waals surface area contributed by atoms with Crippen LogP contribution >= 0.6 is 0 Å². The molecule has 2 N–H and O–H groups in total. The van der Waals surface area contributed by atoms with Crippen molar-refractivity contribution in [2.75, 3.05) is 0 Å². The van der Waals surface area contributed by atoms with Gasteiger partial charge in [-0.25, -0.2) is 0 Å². The van der Waals surface area contributed by atoms with E-state index in [-0.39, 0.29) is 0 Å². The molecule has 0 fully saturated rings. The number of rotatable bonds is 1. The third-order valence-corrected chi connectivity index (χ3v) is 0.600. The summed E-state index contributed by atoms with van der Waals surface area (Å²) in [7, 11) is 0. The molecule has 0 unspecified atom stereocenters. The van der Waals surface area contributed by atoms with E-state index < -0.39 is 5.60 Å². The van der Waals surface area contributed by atoms with Crippen molar-refractivity contribution in [2.24, 2.45) is 0 Å². The van der Waals surface area contributed by atoms with Gasteiger partial charge >= 0.3 is 0 Å². The Kier molecular flexibility index (Phi) is 2.36. The van der Waals surface area contributed by atoms with Crippen LogP contribution in [0.25, 0.3) is 0 Å². The molecular formula is C6H10O2. The van der Waals surface area contributed by atoms with Gasteiger partial charge in [-0.3, -0.25) is 0 Å². The van der Waals surface area contributed by atoms with Gasteiger partial charge in [0.05, 0.1) is 5.60 Å². The van der Waals surface area contributed by atoms with Crippen molar-refractivity contribution in [1.82, 2.24) is 0 Å². The molecule has 0 saturated carbocycles. The molecule has 0 bridgehead atoms. The van der Waals surface area contributed by atoms with E-state index in [0.29, 0.717) is 6.42 Å². The fraction of sp³-hybridized carbons (Fsp3) is 0.667. The molecule has 0 amide bonds. The van der Waals surface area contributed by atoms with Crippen LogP contribution in [0.2, 0.25) is 0 Å². The van der Waals surface area contributed by atoms with E-state index in [4.69, 9.17) is 10.2 Å². The topological polar surface area (TPSA) is 40.5 Å². The zero-order valence-electron chi connectivity index (χ0n) is 5.10. The van der Waals surface area contributed by atoms with Crippen LogP contribution in [0.3, 0.4) is 0 Å². The molecule has 46 valence electrons. The molecule has 0 aromatic heterocycles. The first-order valence-electron chi connectivity index (χ1n) is 2.40. The van der Waals surface area contributed by atoms with Gasteiger partial charge in [0, 0.05) is 6.42 Å². The van der Waals surface area contributed by atoms with Crippen molar-refractivity contribution >= 4 is 0 Å². The summed E-state index contributed by atoms with van der Waals surface area (Å²) in [6.07, 6.45) is 2.02. The summed E-state index contributed by atoms with van der Waals surface area (Å²) in [6.45, 7) is 3.27. The first kappa shape index (κ1) is 7.32. The minimum atomic E-state index is -0.782. The highest BCUT2D eigenvalue weighted by atomic mass is 16.3. The number of aliphatic hydroxyl groups is 2. The maximum Gasteiger partial charge on any atom is 0.107 e. The molecule has 0 heterocycles. The van der Waals surface area contributed by atoms with Crippen LogP contribution in [0.15, 0.2) is 0 Å². The van der Waals surface area contributed by atoms with Crippen molar-refractivity contribution in [3.8, 4) is 12.0 Å². The van der Waals surface area contributed by atoms with Gasteiger partial charge in [-0.05, 0) is 13.8 Å². The summed E-state index contributed by atoms with van der Waals surface area (Å²) < 4.78 is 0. The number of aliphatic hydroxyl groups excluding tert-OH is 1. The van der Waals surface area contributed by atoms with E-state index in [9.17, 15) is 0 Å². The van der Waals surface area contributed by atoms with Gasteiger partial charge in [-0.1, -0.05) is 5.92 Å². The normalized spacial score (nSPS) is 9.88. The zero-order chi connectivity index (χ0) is 6.62. The minimum Gasteiger partial charge on any atom is -0.462 e. The Morgan fingerprint density at radius 3 is 2.12 bits per heavy atom. The van der Waals surface area contributed by atoms with E-state index in [1.807, 2.05) is 0 Å². The van der Waals surface area contributed by atoms with Gasteiger partial charge in [0.2, 0.25) is 0 Å². The quantitative estimate of drug-likeness (QED) is 0.487. The van der Waals surface area contributed by atoms with E-state index >= 15 is 0 Å². The Bertz CT molecular complexity index is 111. The molecule has 0 spiro atoms. The second kappa shape index (κ2) is 2.58. The zero-order valence-corrected chi connectivity index (χ0v) is 5.10. The summed E-state index contributed by atoms with van der Waals surface area (Å²) in [6, 6.07) is 0. The van der Waals surface area contributed by atoms with E-state index in [1.54, 1.807) is 20.0 Å². The fourth-order valence-corrected chi connectivity index (χ4v) is 0.256. The third kappa shape index (κ3) is 5.32. The molecule has 8 heavy (non-hydrogen) atoms. The largest absolute Gasteiger partial charge is 0.462 e. The first-order chi connectivity index (χ1) is 3.56. The summed E-state index contributed by atoms with van der Waals surface area (Å²) in [5, 5.41) is 16.9. The summed E-state index contributed by atoms with van der Waals surface area (Å²) in [4.78, 5) is 0. The van der Waals surface area contributed by atoms with Crippen LogP contribution in [0.4, 0.5) is 0 Å². The van der Waals surface area contributed by atoms with Crippen LogP contribution in [-0.2, 0) is 0 Å². The minimum absolute atomic E-state index is 0.309. The van der Waals surface area contributed by atoms with Gasteiger partial charge in [0.1, 0.15) is 6.11 Å². The standard InChI is InChI=1S/C6H10O2/c1-6(2,8)4-3-5-7/h7-8H,4H2,1-2H3. The van der Waals surface area contributed by atoms with Crippen molar-refractivity contribution in [3.63, 3.8) is 0 Å². The molecule has 0 aliphatic heterocycles. The molecule has 0 radical (unpaired) electrons. The van der Waals surface area contributed by atoms with Crippen LogP contribution in [0.5, 0.6) is 0 Å². The monoisotopic (exact) mass is 114 g/mol. The Morgan fingerprint density at radius 1 is 1.50 bits per heavy atom. The predicted octanol–water partition coefficient (Wildman–Crippen LogP) is 0.481. The maximum atomic E-state index is 8.94. The van der Waals surface area contributed by atoms with Crippen LogP contribution in [0.1, 0.15) is 20.3 Å². The van der Waals surface area contributed by atoms with Crippen molar-refractivity contribution in [1.29, 1.82) is 0 Å². The summed E-state index contributed by atoms with van der Waals surface area (Å²) in [5.74, 6) is 2.34. The number of hydrogen-bond acceptors (Lipinski definition) is 2. The SMILES string of the molecule is CC(C)(O)CC#CO. The van der Waals surface area contributed by atoms with Gasteiger partial charge in [0.15, 0.2) is 0 Å². The van der Waals surface area contributed by atoms with Crippen molar-refractivity contribution in [3.05, 3.63) is 0 Å². The van der Waals surface area contributed by atoms with Crippen LogP contribution in [-0.4, -0.2) is 15.8 Å². The average molecular weight is 114 g/mol. The Balaban J connectivity index is 3.50. The van der Waals surface area contributed by atoms with Gasteiger partial charge in [-0.15, -0.1) is 0 Å². The lowest BCUT2D eigenvalue weighted by atomic mass is 10.1. The molecule has 0 saturated heterocycles. The average Bonchev–Trinajstić information content (AvgIpc) is 1.59. The Morgan fingerprint density at radius 2 is 2.00 bits per heavy atom. The molecule has 2 heteroatoms. The molecule has 0 rings (SSSR count). The molecule has 0 atom stereocenters. The van der Waals surface area contributed by atoms with E-state index in [0.717, 1.165) is 0 Å². The third-order valence-electron chi connectivity index (χ3n) is 0.600. The summed E-state index contributed by atoms with van der Waals surface area (Å²) in [5.41, 5.74) is -0.782. The smallest absolute Gasteiger partial charge is 0.107 e. The lowest BCUT2D eigenvalue weighted by Gasteiger charge is -2.10. The van der Waals surface area contributed by atoms with Crippen LogP contribution < -0.4 is 0 Å². The van der Waals surface area contributed by atoms with E-state index in [1.165, 1.54) is 0 Å².